The minimum absolute atomic E-state index is 0.0388. The molecule has 2 heterocycles. The summed E-state index contributed by atoms with van der Waals surface area (Å²) in [5, 5.41) is 7.05. The molecule has 0 aliphatic carbocycles. The number of carbonyl (C=O) groups excluding carboxylic acids is 1. The van der Waals surface area contributed by atoms with Crippen LogP contribution >= 0.6 is 23.2 Å². The molecule has 0 atom stereocenters. The van der Waals surface area contributed by atoms with Crippen molar-refractivity contribution in [3.8, 4) is 0 Å². The summed E-state index contributed by atoms with van der Waals surface area (Å²) < 4.78 is 0. The van der Waals surface area contributed by atoms with Gasteiger partial charge in [-0.2, -0.15) is 4.98 Å². The molecule has 6 nitrogen and oxygen atoms in total. The molecule has 1 aliphatic heterocycles. The lowest BCUT2D eigenvalue weighted by Gasteiger charge is -2.39. The number of amides is 1. The number of hydrogen-bond donors (Lipinski definition) is 2. The topological polar surface area (TPSA) is 70.2 Å². The highest BCUT2D eigenvalue weighted by molar-refractivity contribution is 6.35. The smallest absolute Gasteiger partial charge is 0.251 e. The standard InChI is InChI=1S/C17H19Cl2N5O/c1-3-20-15-4-10(2)21-17(23-15)24-8-14(9-24)22-16(25)11-5-12(18)7-13(19)6-11/h4-7,14H,3,8-9H2,1-2H3,(H,22,25)(H,20,21,23). The first-order chi connectivity index (χ1) is 11.9. The molecule has 1 saturated heterocycles. The third kappa shape index (κ3) is 4.32. The molecule has 1 aromatic heterocycles. The van der Waals surface area contributed by atoms with Gasteiger partial charge in [0.25, 0.3) is 5.91 Å². The molecule has 0 saturated carbocycles. The molecule has 3 rings (SSSR count). The molecule has 2 aromatic rings. The monoisotopic (exact) mass is 379 g/mol. The minimum atomic E-state index is -0.187. The first-order valence-corrected chi connectivity index (χ1v) is 8.81. The van der Waals surface area contributed by atoms with Crippen molar-refractivity contribution in [3.63, 3.8) is 0 Å². The molecular weight excluding hydrogens is 361 g/mol. The van der Waals surface area contributed by atoms with Gasteiger partial charge >= 0.3 is 0 Å². The Kier molecular flexibility index (Phi) is 5.30. The molecule has 8 heteroatoms. The van der Waals surface area contributed by atoms with Crippen molar-refractivity contribution in [2.24, 2.45) is 0 Å². The van der Waals surface area contributed by atoms with Gasteiger partial charge in [0.2, 0.25) is 5.95 Å². The molecule has 0 unspecified atom stereocenters. The molecule has 1 aliphatic rings. The Balaban J connectivity index is 1.60. The van der Waals surface area contributed by atoms with Crippen molar-refractivity contribution in [2.45, 2.75) is 19.9 Å². The second-order valence-corrected chi connectivity index (χ2v) is 6.83. The molecule has 1 fully saturated rings. The van der Waals surface area contributed by atoms with Crippen molar-refractivity contribution in [1.82, 2.24) is 15.3 Å². The van der Waals surface area contributed by atoms with E-state index in [-0.39, 0.29) is 11.9 Å². The van der Waals surface area contributed by atoms with Crippen molar-refractivity contribution in [1.29, 1.82) is 0 Å². The van der Waals surface area contributed by atoms with E-state index in [0.29, 0.717) is 34.6 Å². The maximum Gasteiger partial charge on any atom is 0.251 e. The highest BCUT2D eigenvalue weighted by Crippen LogP contribution is 2.21. The maximum absolute atomic E-state index is 12.3. The number of nitrogens with one attached hydrogen (secondary N) is 2. The Morgan fingerprint density at radius 1 is 1.20 bits per heavy atom. The van der Waals surface area contributed by atoms with Crippen LogP contribution in [-0.4, -0.2) is 41.6 Å². The summed E-state index contributed by atoms with van der Waals surface area (Å²) in [5.74, 6) is 1.30. The van der Waals surface area contributed by atoms with Gasteiger partial charge in [-0.3, -0.25) is 4.79 Å². The van der Waals surface area contributed by atoms with Crippen LogP contribution < -0.4 is 15.5 Å². The van der Waals surface area contributed by atoms with Gasteiger partial charge < -0.3 is 15.5 Å². The van der Waals surface area contributed by atoms with Gasteiger partial charge in [-0.05, 0) is 32.0 Å². The summed E-state index contributed by atoms with van der Waals surface area (Å²) in [5.41, 5.74) is 1.36. The largest absolute Gasteiger partial charge is 0.370 e. The number of rotatable bonds is 5. The molecule has 2 N–H and O–H groups in total. The van der Waals surface area contributed by atoms with E-state index in [4.69, 9.17) is 23.2 Å². The Bertz CT molecular complexity index is 772. The number of anilines is 2. The Hall–Kier alpha value is -2.05. The average Bonchev–Trinajstić information content (AvgIpc) is 2.49. The number of hydrogen-bond acceptors (Lipinski definition) is 5. The fraction of sp³-hybridized carbons (Fsp3) is 0.353. The Morgan fingerprint density at radius 3 is 2.52 bits per heavy atom. The van der Waals surface area contributed by atoms with E-state index in [9.17, 15) is 4.79 Å². The molecule has 1 aromatic carbocycles. The summed E-state index contributed by atoms with van der Waals surface area (Å²) in [6.45, 7) is 6.09. The zero-order valence-corrected chi connectivity index (χ0v) is 15.5. The number of carbonyl (C=O) groups is 1. The van der Waals surface area contributed by atoms with Crippen LogP contribution in [0, 0.1) is 6.92 Å². The molecule has 0 spiro atoms. The van der Waals surface area contributed by atoms with Crippen molar-refractivity contribution < 1.29 is 4.79 Å². The first kappa shape index (κ1) is 17.8. The Labute approximate surface area is 156 Å². The maximum atomic E-state index is 12.3. The van der Waals surface area contributed by atoms with Gasteiger partial charge in [-0.15, -0.1) is 0 Å². The van der Waals surface area contributed by atoms with E-state index in [1.807, 2.05) is 24.8 Å². The Morgan fingerprint density at radius 2 is 1.88 bits per heavy atom. The van der Waals surface area contributed by atoms with Gasteiger partial charge in [0, 0.05) is 47.0 Å². The zero-order chi connectivity index (χ0) is 18.0. The summed E-state index contributed by atoms with van der Waals surface area (Å²) in [6.07, 6.45) is 0. The number of aromatic nitrogens is 2. The summed E-state index contributed by atoms with van der Waals surface area (Å²) >= 11 is 11.9. The molecule has 0 radical (unpaired) electrons. The van der Waals surface area contributed by atoms with Gasteiger partial charge in [0.05, 0.1) is 6.04 Å². The van der Waals surface area contributed by atoms with Crippen LogP contribution in [0.3, 0.4) is 0 Å². The predicted octanol–water partition coefficient (Wildman–Crippen LogP) is 3.14. The second-order valence-electron chi connectivity index (χ2n) is 5.96. The minimum Gasteiger partial charge on any atom is -0.370 e. The molecule has 132 valence electrons. The van der Waals surface area contributed by atoms with Gasteiger partial charge in [-0.1, -0.05) is 23.2 Å². The van der Waals surface area contributed by atoms with Crippen molar-refractivity contribution in [3.05, 3.63) is 45.6 Å². The van der Waals surface area contributed by atoms with Gasteiger partial charge in [-0.25, -0.2) is 4.98 Å². The number of benzene rings is 1. The lowest BCUT2D eigenvalue weighted by Crippen LogP contribution is -2.60. The third-order valence-corrected chi connectivity index (χ3v) is 4.26. The lowest BCUT2D eigenvalue weighted by molar-refractivity contribution is 0.0930. The normalized spacial score (nSPS) is 14.2. The van der Waals surface area contributed by atoms with Gasteiger partial charge in [0.15, 0.2) is 0 Å². The van der Waals surface area contributed by atoms with Crippen LogP contribution in [0.15, 0.2) is 24.3 Å². The zero-order valence-electron chi connectivity index (χ0n) is 14.0. The van der Waals surface area contributed by atoms with Crippen LogP contribution in [0.4, 0.5) is 11.8 Å². The molecule has 25 heavy (non-hydrogen) atoms. The first-order valence-electron chi connectivity index (χ1n) is 8.06. The third-order valence-electron chi connectivity index (χ3n) is 3.82. The van der Waals surface area contributed by atoms with Crippen LogP contribution in [0.5, 0.6) is 0 Å². The number of aryl methyl sites for hydroxylation is 1. The summed E-state index contributed by atoms with van der Waals surface area (Å²) in [4.78, 5) is 23.3. The van der Waals surface area contributed by atoms with E-state index in [1.165, 1.54) is 0 Å². The average molecular weight is 380 g/mol. The summed E-state index contributed by atoms with van der Waals surface area (Å²) in [6, 6.07) is 6.76. The summed E-state index contributed by atoms with van der Waals surface area (Å²) in [7, 11) is 0. The highest BCUT2D eigenvalue weighted by atomic mass is 35.5. The van der Waals surface area contributed by atoms with Crippen molar-refractivity contribution >= 4 is 40.9 Å². The van der Waals surface area contributed by atoms with Crippen LogP contribution in [-0.2, 0) is 0 Å². The van der Waals surface area contributed by atoms with E-state index >= 15 is 0 Å². The fourth-order valence-corrected chi connectivity index (χ4v) is 3.18. The van der Waals surface area contributed by atoms with Crippen molar-refractivity contribution in [2.75, 3.05) is 29.9 Å². The fourth-order valence-electron chi connectivity index (χ4n) is 2.65. The van der Waals surface area contributed by atoms with Crippen LogP contribution in [0.25, 0.3) is 0 Å². The SMILES string of the molecule is CCNc1cc(C)nc(N2CC(NC(=O)c3cc(Cl)cc(Cl)c3)C2)n1. The predicted molar refractivity (Wildman–Crippen MR) is 101 cm³/mol. The number of halogens is 2. The quantitative estimate of drug-likeness (QED) is 0.834. The van der Waals surface area contributed by atoms with Gasteiger partial charge in [0.1, 0.15) is 5.82 Å². The lowest BCUT2D eigenvalue weighted by atomic mass is 10.1. The highest BCUT2D eigenvalue weighted by Gasteiger charge is 2.30. The van der Waals surface area contributed by atoms with E-state index < -0.39 is 0 Å². The van der Waals surface area contributed by atoms with Crippen LogP contribution in [0.2, 0.25) is 10.0 Å². The van der Waals surface area contributed by atoms with E-state index in [0.717, 1.165) is 18.1 Å². The molecule has 0 bridgehead atoms. The molecular formula is C17H19Cl2N5O. The second kappa shape index (κ2) is 7.45. The van der Waals surface area contributed by atoms with E-state index in [1.54, 1.807) is 18.2 Å². The van der Waals surface area contributed by atoms with E-state index in [2.05, 4.69) is 20.6 Å². The molecule has 1 amide bonds. The number of nitrogens with zero attached hydrogens (tertiary/aromatic N) is 3. The van der Waals surface area contributed by atoms with Crippen LogP contribution in [0.1, 0.15) is 23.0 Å².